The van der Waals surface area contributed by atoms with Gasteiger partial charge in [-0.05, 0) is 37.8 Å². The van der Waals surface area contributed by atoms with Gasteiger partial charge in [0.15, 0.2) is 0 Å². The molecule has 7 heteroatoms. The van der Waals surface area contributed by atoms with E-state index in [4.69, 9.17) is 4.74 Å². The summed E-state index contributed by atoms with van der Waals surface area (Å²) in [6.45, 7) is 2.71. The van der Waals surface area contributed by atoms with E-state index in [0.717, 1.165) is 12.8 Å². The van der Waals surface area contributed by atoms with Crippen LogP contribution in [0.15, 0.2) is 23.2 Å². The van der Waals surface area contributed by atoms with Crippen LogP contribution in [0.5, 0.6) is 0 Å². The molecular weight excluding hydrogens is 290 g/mol. The van der Waals surface area contributed by atoms with Crippen molar-refractivity contribution in [2.75, 3.05) is 32.6 Å². The molecule has 1 fully saturated rings. The second-order valence-electron chi connectivity index (χ2n) is 5.29. The number of anilines is 1. The summed E-state index contributed by atoms with van der Waals surface area (Å²) in [6.07, 6.45) is 3.76. The number of nitrogens with zero attached hydrogens (tertiary/aromatic N) is 2. The number of hydrogen-bond donors (Lipinski definition) is 1. The standard InChI is InChI=1S/C14H23N3O3S/c1-11(12-6-7-12)17(9-10-20-3)21(18,19)13-5-4-8-16-14(13)15-2/h4-5,8,11-12H,6-7,9-10H2,1-3H3,(H,15,16). The molecule has 1 saturated carbocycles. The molecule has 0 saturated heterocycles. The maximum Gasteiger partial charge on any atom is 0.247 e. The minimum absolute atomic E-state index is 0.0185. The molecule has 0 aliphatic heterocycles. The van der Waals surface area contributed by atoms with Gasteiger partial charge in [-0.15, -0.1) is 0 Å². The average Bonchev–Trinajstić information content (AvgIpc) is 3.31. The van der Waals surface area contributed by atoms with Crippen LogP contribution in [0.3, 0.4) is 0 Å². The number of pyridine rings is 1. The summed E-state index contributed by atoms with van der Waals surface area (Å²) in [4.78, 5) is 4.32. The van der Waals surface area contributed by atoms with Gasteiger partial charge in [0.25, 0.3) is 0 Å². The largest absolute Gasteiger partial charge is 0.383 e. The van der Waals surface area contributed by atoms with Crippen molar-refractivity contribution < 1.29 is 13.2 Å². The van der Waals surface area contributed by atoms with E-state index in [1.54, 1.807) is 36.8 Å². The molecule has 0 aromatic carbocycles. The molecule has 1 aliphatic carbocycles. The fourth-order valence-corrected chi connectivity index (χ4v) is 4.28. The average molecular weight is 313 g/mol. The minimum atomic E-state index is -3.59. The third-order valence-corrected chi connectivity index (χ3v) is 5.89. The van der Waals surface area contributed by atoms with Gasteiger partial charge in [-0.25, -0.2) is 13.4 Å². The van der Waals surface area contributed by atoms with E-state index < -0.39 is 10.0 Å². The SMILES string of the molecule is CNc1ncccc1S(=O)(=O)N(CCOC)C(C)C1CC1. The van der Waals surface area contributed by atoms with Crippen LogP contribution < -0.4 is 5.32 Å². The van der Waals surface area contributed by atoms with E-state index in [0.29, 0.717) is 24.9 Å². The Hall–Kier alpha value is -1.18. The Morgan fingerprint density at radius 1 is 1.52 bits per heavy atom. The monoisotopic (exact) mass is 313 g/mol. The Morgan fingerprint density at radius 2 is 2.24 bits per heavy atom. The first-order chi connectivity index (χ1) is 10.0. The second-order valence-corrected chi connectivity index (χ2v) is 7.15. The van der Waals surface area contributed by atoms with Crippen LogP contribution in [0.1, 0.15) is 19.8 Å². The molecule has 1 atom stereocenters. The summed E-state index contributed by atoms with van der Waals surface area (Å²) in [5.41, 5.74) is 0. The summed E-state index contributed by atoms with van der Waals surface area (Å²) in [6, 6.07) is 3.22. The highest BCUT2D eigenvalue weighted by Gasteiger charge is 2.38. The zero-order valence-corrected chi connectivity index (χ0v) is 13.6. The molecule has 118 valence electrons. The summed E-state index contributed by atoms with van der Waals surface area (Å²) in [5.74, 6) is 0.828. The highest BCUT2D eigenvalue weighted by atomic mass is 32.2. The lowest BCUT2D eigenvalue weighted by molar-refractivity contribution is 0.164. The maximum atomic E-state index is 13.0. The molecule has 1 aromatic heterocycles. The fourth-order valence-electron chi connectivity index (χ4n) is 2.45. The van der Waals surface area contributed by atoms with Crippen LogP contribution in [0, 0.1) is 5.92 Å². The molecule has 2 rings (SSSR count). The number of aromatic nitrogens is 1. The van der Waals surface area contributed by atoms with Crippen molar-refractivity contribution in [3.63, 3.8) is 0 Å². The number of sulfonamides is 1. The molecule has 21 heavy (non-hydrogen) atoms. The van der Waals surface area contributed by atoms with E-state index >= 15 is 0 Å². The van der Waals surface area contributed by atoms with Gasteiger partial charge in [0.2, 0.25) is 10.0 Å². The third kappa shape index (κ3) is 3.53. The molecule has 0 bridgehead atoms. The van der Waals surface area contributed by atoms with E-state index in [9.17, 15) is 8.42 Å². The summed E-state index contributed by atoms with van der Waals surface area (Å²) in [7, 11) is -0.341. The van der Waals surface area contributed by atoms with Crippen molar-refractivity contribution in [3.05, 3.63) is 18.3 Å². The Morgan fingerprint density at radius 3 is 2.81 bits per heavy atom. The quantitative estimate of drug-likeness (QED) is 0.788. The van der Waals surface area contributed by atoms with Crippen LogP contribution in [-0.2, 0) is 14.8 Å². The minimum Gasteiger partial charge on any atom is -0.383 e. The number of hydrogen-bond acceptors (Lipinski definition) is 5. The van der Waals surface area contributed by atoms with Crippen molar-refractivity contribution in [2.45, 2.75) is 30.7 Å². The molecule has 1 unspecified atom stereocenters. The Labute approximate surface area is 126 Å². The van der Waals surface area contributed by atoms with Crippen LogP contribution in [0.25, 0.3) is 0 Å². The first kappa shape index (κ1) is 16.2. The summed E-state index contributed by atoms with van der Waals surface area (Å²) < 4.78 is 32.6. The van der Waals surface area contributed by atoms with Crippen molar-refractivity contribution in [1.82, 2.24) is 9.29 Å². The topological polar surface area (TPSA) is 71.5 Å². The predicted octanol–water partition coefficient (Wildman–Crippen LogP) is 1.56. The smallest absolute Gasteiger partial charge is 0.247 e. The second kappa shape index (κ2) is 6.72. The Kier molecular flexibility index (Phi) is 5.18. The number of rotatable bonds is 8. The molecule has 1 aromatic rings. The van der Waals surface area contributed by atoms with Gasteiger partial charge in [0.05, 0.1) is 6.61 Å². The number of methoxy groups -OCH3 is 1. The zero-order chi connectivity index (χ0) is 15.5. The molecule has 0 radical (unpaired) electrons. The van der Waals surface area contributed by atoms with Gasteiger partial charge in [-0.3, -0.25) is 0 Å². The van der Waals surface area contributed by atoms with Gasteiger partial charge in [-0.1, -0.05) is 0 Å². The molecular formula is C14H23N3O3S. The van der Waals surface area contributed by atoms with Gasteiger partial charge in [0.1, 0.15) is 10.7 Å². The molecule has 0 spiro atoms. The van der Waals surface area contributed by atoms with Crippen molar-refractivity contribution in [1.29, 1.82) is 0 Å². The van der Waals surface area contributed by atoms with E-state index in [-0.39, 0.29) is 10.9 Å². The highest BCUT2D eigenvalue weighted by Crippen LogP contribution is 2.37. The Bertz CT molecular complexity index is 573. The van der Waals surface area contributed by atoms with E-state index in [1.165, 1.54) is 0 Å². The number of nitrogens with one attached hydrogen (secondary N) is 1. The highest BCUT2D eigenvalue weighted by molar-refractivity contribution is 7.89. The van der Waals surface area contributed by atoms with Gasteiger partial charge < -0.3 is 10.1 Å². The van der Waals surface area contributed by atoms with Gasteiger partial charge in [-0.2, -0.15) is 4.31 Å². The van der Waals surface area contributed by atoms with Crippen LogP contribution in [0.4, 0.5) is 5.82 Å². The Balaban J connectivity index is 2.35. The molecule has 1 heterocycles. The normalized spacial score (nSPS) is 17.0. The molecule has 1 N–H and O–H groups in total. The van der Waals surface area contributed by atoms with Crippen molar-refractivity contribution >= 4 is 15.8 Å². The van der Waals surface area contributed by atoms with E-state index in [1.807, 2.05) is 6.92 Å². The molecule has 1 aliphatic rings. The first-order valence-corrected chi connectivity index (χ1v) is 8.60. The first-order valence-electron chi connectivity index (χ1n) is 7.16. The number of ether oxygens (including phenoxy) is 1. The van der Waals surface area contributed by atoms with Gasteiger partial charge in [0, 0.05) is 32.9 Å². The van der Waals surface area contributed by atoms with Crippen LogP contribution in [-0.4, -0.2) is 51.1 Å². The van der Waals surface area contributed by atoms with Gasteiger partial charge >= 0.3 is 0 Å². The van der Waals surface area contributed by atoms with Crippen molar-refractivity contribution in [2.24, 2.45) is 5.92 Å². The lowest BCUT2D eigenvalue weighted by Gasteiger charge is -2.28. The molecule has 0 amide bonds. The summed E-state index contributed by atoms with van der Waals surface area (Å²) >= 11 is 0. The predicted molar refractivity (Wildman–Crippen MR) is 81.7 cm³/mol. The van der Waals surface area contributed by atoms with Crippen LogP contribution >= 0.6 is 0 Å². The maximum absolute atomic E-state index is 13.0. The third-order valence-electron chi connectivity index (χ3n) is 3.87. The zero-order valence-electron chi connectivity index (χ0n) is 12.7. The lowest BCUT2D eigenvalue weighted by Crippen LogP contribution is -2.42. The van der Waals surface area contributed by atoms with Crippen LogP contribution in [0.2, 0.25) is 0 Å². The molecule has 6 nitrogen and oxygen atoms in total. The fraction of sp³-hybridized carbons (Fsp3) is 0.643. The van der Waals surface area contributed by atoms with E-state index in [2.05, 4.69) is 10.3 Å². The summed E-state index contributed by atoms with van der Waals surface area (Å²) in [5, 5.41) is 2.85. The van der Waals surface area contributed by atoms with Crippen molar-refractivity contribution in [3.8, 4) is 0 Å². The lowest BCUT2D eigenvalue weighted by atomic mass is 10.2.